The van der Waals surface area contributed by atoms with Crippen molar-refractivity contribution in [3.63, 3.8) is 0 Å². The van der Waals surface area contributed by atoms with Crippen LogP contribution in [0, 0.1) is 12.7 Å². The molecule has 8 nitrogen and oxygen atoms in total. The Kier molecular flexibility index (Phi) is 7.11. The largest absolute Gasteiger partial charge is 2.00 e. The second-order valence-electron chi connectivity index (χ2n) is 10.0. The van der Waals surface area contributed by atoms with E-state index >= 15 is 0 Å². The molecule has 212 valence electrons. The predicted molar refractivity (Wildman–Crippen MR) is 163 cm³/mol. The van der Waals surface area contributed by atoms with Crippen LogP contribution in [0.25, 0.3) is 34.0 Å². The molecular weight excluding hydrogens is 639 g/mol. The monoisotopic (exact) mass is 660 g/mol. The summed E-state index contributed by atoms with van der Waals surface area (Å²) in [5.74, 6) is 1.36. The number of aromatic nitrogens is 8. The summed E-state index contributed by atoms with van der Waals surface area (Å²) in [5, 5.41) is 0. The van der Waals surface area contributed by atoms with Crippen molar-refractivity contribution in [3.05, 3.63) is 169 Å². The number of imidazole rings is 2. The molecule has 8 aromatic rings. The summed E-state index contributed by atoms with van der Waals surface area (Å²) in [5.41, 5.74) is 5.65. The van der Waals surface area contributed by atoms with Gasteiger partial charge < -0.3 is 19.1 Å². The Morgan fingerprint density at radius 3 is 1.39 bits per heavy atom. The summed E-state index contributed by atoms with van der Waals surface area (Å²) in [6, 6.07) is 40.5. The molecule has 0 saturated heterocycles. The number of hydrogen-bond acceptors (Lipinski definition) is 6. The van der Waals surface area contributed by atoms with E-state index in [4.69, 9.17) is 9.97 Å². The normalized spacial score (nSPS) is 11.5. The Labute approximate surface area is 266 Å². The van der Waals surface area contributed by atoms with Crippen molar-refractivity contribution in [1.82, 2.24) is 39.0 Å². The molecule has 0 saturated carbocycles. The molecule has 0 aliphatic heterocycles. The van der Waals surface area contributed by atoms with Crippen molar-refractivity contribution < 1.29 is 20.4 Å². The minimum Gasteiger partial charge on any atom is -0.410 e. The van der Waals surface area contributed by atoms with E-state index in [1.807, 2.05) is 94.1 Å². The molecule has 0 unspecified atom stereocenters. The fourth-order valence-electron chi connectivity index (χ4n) is 5.73. The molecule has 6 heterocycles. The number of pyridine rings is 4. The summed E-state index contributed by atoms with van der Waals surface area (Å²) in [7, 11) is 0. The third kappa shape index (κ3) is 4.42. The fourth-order valence-corrected chi connectivity index (χ4v) is 5.73. The molecule has 0 radical (unpaired) electrons. The van der Waals surface area contributed by atoms with Crippen molar-refractivity contribution in [1.29, 1.82) is 0 Å². The van der Waals surface area contributed by atoms with Gasteiger partial charge in [0.15, 0.2) is 0 Å². The molecule has 0 atom stereocenters. The topological polar surface area (TPSA) is 87.2 Å². The molecule has 0 amide bonds. The Bertz CT molecular complexity index is 2050. The number of benzene rings is 2. The van der Waals surface area contributed by atoms with Gasteiger partial charge in [-0.25, -0.2) is 0 Å². The van der Waals surface area contributed by atoms with Crippen LogP contribution >= 0.6 is 0 Å². The third-order valence-corrected chi connectivity index (χ3v) is 7.63. The van der Waals surface area contributed by atoms with Crippen molar-refractivity contribution in [2.75, 3.05) is 0 Å². The summed E-state index contributed by atoms with van der Waals surface area (Å²) in [6.07, 6.45) is 9.61. The van der Waals surface area contributed by atoms with Crippen molar-refractivity contribution in [2.45, 2.75) is 5.41 Å². The summed E-state index contributed by atoms with van der Waals surface area (Å²) < 4.78 is 3.69. The Morgan fingerprint density at radius 1 is 0.477 bits per heavy atom. The Hall–Kier alpha value is -5.36. The number of nitrogens with zero attached hydrogens (tertiary/aromatic N) is 8. The van der Waals surface area contributed by atoms with Crippen LogP contribution in [0.15, 0.2) is 134 Å². The van der Waals surface area contributed by atoms with Gasteiger partial charge in [0, 0.05) is 25.0 Å². The summed E-state index contributed by atoms with van der Waals surface area (Å²) >= 11 is 0. The van der Waals surface area contributed by atoms with Crippen molar-refractivity contribution in [2.24, 2.45) is 0 Å². The van der Waals surface area contributed by atoms with E-state index in [1.165, 1.54) is 0 Å². The van der Waals surface area contributed by atoms with E-state index in [0.29, 0.717) is 22.9 Å². The number of rotatable bonds is 6. The molecule has 0 N–H and O–H groups in total. The van der Waals surface area contributed by atoms with E-state index in [9.17, 15) is 0 Å². The smallest absolute Gasteiger partial charge is 0.410 e. The van der Waals surface area contributed by atoms with Gasteiger partial charge in [-0.1, -0.05) is 109 Å². The van der Waals surface area contributed by atoms with Gasteiger partial charge in [0.05, 0.1) is 34.3 Å². The first-order valence-electron chi connectivity index (χ1n) is 13.8. The standard InChI is InChI=1S/C35H22N8.Pd/c1-3-11-25(12-4-1)35(26-13-5-2-6-14-26,29-17-7-19-31(40-29)42-23-38-33-27(42)15-9-21-36-33)30-18-8-20-32(41-30)43-24-39-34-28(43)16-10-22-37-34;/h1-22H;/q-2;+2. The van der Waals surface area contributed by atoms with Crippen molar-refractivity contribution >= 4 is 22.3 Å². The molecule has 6 aromatic heterocycles. The van der Waals surface area contributed by atoms with Crippen molar-refractivity contribution in [3.8, 4) is 11.6 Å². The van der Waals surface area contributed by atoms with Crippen LogP contribution in [0.3, 0.4) is 0 Å². The quantitative estimate of drug-likeness (QED) is 0.163. The van der Waals surface area contributed by atoms with Crippen LogP contribution in [-0.2, 0) is 25.8 Å². The summed E-state index contributed by atoms with van der Waals surface area (Å²) in [4.78, 5) is 28.1. The third-order valence-electron chi connectivity index (χ3n) is 7.63. The minimum absolute atomic E-state index is 0. The van der Waals surface area contributed by atoms with Gasteiger partial charge in [0.25, 0.3) is 0 Å². The molecule has 0 fully saturated rings. The zero-order chi connectivity index (χ0) is 28.6. The second kappa shape index (κ2) is 11.4. The molecule has 44 heavy (non-hydrogen) atoms. The zero-order valence-electron chi connectivity index (χ0n) is 23.1. The van der Waals surface area contributed by atoms with Gasteiger partial charge >= 0.3 is 20.4 Å². The van der Waals surface area contributed by atoms with Crippen LogP contribution in [0.1, 0.15) is 22.5 Å². The van der Waals surface area contributed by atoms with Crippen LogP contribution in [0.4, 0.5) is 0 Å². The van der Waals surface area contributed by atoms with E-state index in [2.05, 4.69) is 69.0 Å². The first-order valence-corrected chi connectivity index (χ1v) is 13.8. The van der Waals surface area contributed by atoms with Gasteiger partial charge in [-0.15, -0.1) is 0 Å². The fraction of sp³-hybridized carbons (Fsp3) is 0.0286. The molecule has 2 aromatic carbocycles. The van der Waals surface area contributed by atoms with Crippen LogP contribution < -0.4 is 0 Å². The SMILES string of the molecule is [Pd+2].[c-]1nc2ncccc2n1-c1cccc(C(c2ccccc2)(c2ccccc2)c2cccc(-n3[c-]nc4ncccc43)n2)n1. The molecular formula is C35H22N8Pd. The molecule has 8 rings (SSSR count). The average molecular weight is 661 g/mol. The second-order valence-corrected chi connectivity index (χ2v) is 10.0. The average Bonchev–Trinajstić information content (AvgIpc) is 3.72. The number of hydrogen-bond donors (Lipinski definition) is 0. The van der Waals surface area contributed by atoms with Gasteiger partial charge in [-0.2, -0.15) is 0 Å². The minimum atomic E-state index is -0.877. The Morgan fingerprint density at radius 2 is 0.932 bits per heavy atom. The summed E-state index contributed by atoms with van der Waals surface area (Å²) in [6.45, 7) is 0. The first-order chi connectivity index (χ1) is 21.3. The molecule has 0 aliphatic rings. The number of fused-ring (bicyclic) bond motifs is 2. The van der Waals surface area contributed by atoms with Gasteiger partial charge in [-0.05, 0) is 34.3 Å². The maximum Gasteiger partial charge on any atom is 2.00 e. The predicted octanol–water partition coefficient (Wildman–Crippen LogP) is 5.92. The van der Waals surface area contributed by atoms with Gasteiger partial charge in [0.1, 0.15) is 5.41 Å². The molecule has 0 bridgehead atoms. The van der Waals surface area contributed by atoms with E-state index < -0.39 is 5.41 Å². The first kappa shape index (κ1) is 27.5. The van der Waals surface area contributed by atoms with Crippen LogP contribution in [0.5, 0.6) is 0 Å². The molecule has 9 heteroatoms. The van der Waals surface area contributed by atoms with E-state index in [-0.39, 0.29) is 20.4 Å². The Balaban J connectivity index is 0.00000312. The van der Waals surface area contributed by atoms with Crippen LogP contribution in [0.2, 0.25) is 0 Å². The van der Waals surface area contributed by atoms with Crippen LogP contribution in [-0.4, -0.2) is 39.0 Å². The maximum absolute atomic E-state index is 5.30. The molecule has 0 aliphatic carbocycles. The van der Waals surface area contributed by atoms with E-state index in [1.54, 1.807) is 12.4 Å². The van der Waals surface area contributed by atoms with E-state index in [0.717, 1.165) is 33.5 Å². The maximum atomic E-state index is 5.30. The zero-order valence-corrected chi connectivity index (χ0v) is 24.7. The van der Waals surface area contributed by atoms with Gasteiger partial charge in [0.2, 0.25) is 0 Å². The van der Waals surface area contributed by atoms with Gasteiger partial charge in [-0.3, -0.25) is 19.9 Å². The molecule has 0 spiro atoms.